The smallest absolute Gasteiger partial charge is 0.231 e. The van der Waals surface area contributed by atoms with Crippen LogP contribution >= 0.6 is 11.6 Å². The average molecular weight is 497 g/mol. The van der Waals surface area contributed by atoms with Crippen molar-refractivity contribution >= 4 is 34.9 Å². The molecule has 0 N–H and O–H groups in total. The molecule has 2 saturated heterocycles. The zero-order valence-corrected chi connectivity index (χ0v) is 20.1. The van der Waals surface area contributed by atoms with E-state index in [1.54, 1.807) is 23.1 Å². The first-order valence-corrected chi connectivity index (χ1v) is 12.2. The van der Waals surface area contributed by atoms with Gasteiger partial charge in [0.1, 0.15) is 11.4 Å². The number of likely N-dealkylation sites (tertiary alicyclic amines) is 1. The van der Waals surface area contributed by atoms with Gasteiger partial charge in [0.2, 0.25) is 18.6 Å². The standard InChI is InChI=1S/C26H25ClN2O6/c1-15-8-22-18(11-19(15)27)20(30)12-26(35-22)4-6-28(7-5-26)25(32)16-9-24(31)29(13-16)17-2-3-21-23(10-17)34-14-33-21/h2-3,8,10-11,16H,4-7,9,12-14H2,1H3. The van der Waals surface area contributed by atoms with Crippen LogP contribution in [-0.2, 0) is 9.59 Å². The zero-order chi connectivity index (χ0) is 24.3. The van der Waals surface area contributed by atoms with Crippen LogP contribution in [0.2, 0.25) is 5.02 Å². The predicted octanol–water partition coefficient (Wildman–Crippen LogP) is 3.76. The Bertz CT molecular complexity index is 1250. The van der Waals surface area contributed by atoms with Crippen molar-refractivity contribution in [1.29, 1.82) is 0 Å². The van der Waals surface area contributed by atoms with Crippen LogP contribution in [0.3, 0.4) is 0 Å². The van der Waals surface area contributed by atoms with Crippen molar-refractivity contribution < 1.29 is 28.6 Å². The van der Waals surface area contributed by atoms with Gasteiger partial charge in [0, 0.05) is 55.7 Å². The monoisotopic (exact) mass is 496 g/mol. The number of Topliss-reactive ketones (excluding diaryl/α,β-unsaturated/α-hetero) is 1. The number of hydrogen-bond donors (Lipinski definition) is 0. The molecule has 1 spiro atoms. The molecule has 4 heterocycles. The number of ether oxygens (including phenoxy) is 3. The Labute approximate surface area is 207 Å². The number of fused-ring (bicyclic) bond motifs is 2. The second kappa shape index (κ2) is 8.16. The molecule has 9 heteroatoms. The Balaban J connectivity index is 1.12. The second-order valence-corrected chi connectivity index (χ2v) is 10.2. The molecule has 8 nitrogen and oxygen atoms in total. The molecular weight excluding hydrogens is 472 g/mol. The molecule has 0 saturated carbocycles. The number of hydrogen-bond acceptors (Lipinski definition) is 6. The minimum atomic E-state index is -0.606. The normalized spacial score (nSPS) is 22.4. The molecule has 2 aromatic rings. The quantitative estimate of drug-likeness (QED) is 0.629. The maximum absolute atomic E-state index is 13.3. The van der Waals surface area contributed by atoms with Gasteiger partial charge in [-0.15, -0.1) is 0 Å². The highest BCUT2D eigenvalue weighted by molar-refractivity contribution is 6.31. The Morgan fingerprint density at radius 2 is 1.83 bits per heavy atom. The summed E-state index contributed by atoms with van der Waals surface area (Å²) in [5, 5.41) is 0.554. The SMILES string of the molecule is Cc1cc2c(cc1Cl)C(=O)CC1(CCN(C(=O)C3CC(=O)N(c4ccc5c(c4)OCO5)C3)CC1)O2. The van der Waals surface area contributed by atoms with Crippen molar-refractivity contribution in [1.82, 2.24) is 4.90 Å². The van der Waals surface area contributed by atoms with Gasteiger partial charge in [0.25, 0.3) is 0 Å². The number of aryl methyl sites for hydroxylation is 1. The third-order valence-corrected chi connectivity index (χ3v) is 7.91. The number of halogens is 1. The van der Waals surface area contributed by atoms with Crippen molar-refractivity contribution in [3.63, 3.8) is 0 Å². The lowest BCUT2D eigenvalue weighted by molar-refractivity contribution is -0.139. The Morgan fingerprint density at radius 3 is 2.63 bits per heavy atom. The Hall–Kier alpha value is -3.26. The van der Waals surface area contributed by atoms with Crippen molar-refractivity contribution in [3.8, 4) is 17.2 Å². The summed E-state index contributed by atoms with van der Waals surface area (Å²) in [6.45, 7) is 3.36. The molecular formula is C26H25ClN2O6. The third kappa shape index (κ3) is 3.80. The van der Waals surface area contributed by atoms with E-state index >= 15 is 0 Å². The van der Waals surface area contributed by atoms with Crippen LogP contribution in [0, 0.1) is 12.8 Å². The largest absolute Gasteiger partial charge is 0.486 e. The molecule has 0 aromatic heterocycles. The molecule has 0 bridgehead atoms. The van der Waals surface area contributed by atoms with Crippen LogP contribution in [0.25, 0.3) is 0 Å². The summed E-state index contributed by atoms with van der Waals surface area (Å²) in [6, 6.07) is 8.88. The zero-order valence-electron chi connectivity index (χ0n) is 19.3. The first-order chi connectivity index (χ1) is 16.8. The number of carbonyl (C=O) groups is 3. The van der Waals surface area contributed by atoms with Crippen molar-refractivity contribution in [2.24, 2.45) is 5.92 Å². The summed E-state index contributed by atoms with van der Waals surface area (Å²) in [7, 11) is 0. The predicted molar refractivity (Wildman–Crippen MR) is 127 cm³/mol. The summed E-state index contributed by atoms with van der Waals surface area (Å²) in [5.74, 6) is 1.34. The molecule has 0 aliphatic carbocycles. The second-order valence-electron chi connectivity index (χ2n) is 9.75. The van der Waals surface area contributed by atoms with E-state index in [1.165, 1.54) is 0 Å². The lowest BCUT2D eigenvalue weighted by Gasteiger charge is -2.44. The maximum Gasteiger partial charge on any atom is 0.231 e. The summed E-state index contributed by atoms with van der Waals surface area (Å²) in [6.07, 6.45) is 1.59. The molecule has 4 aliphatic heterocycles. The molecule has 0 radical (unpaired) electrons. The van der Waals surface area contributed by atoms with E-state index in [0.29, 0.717) is 66.0 Å². The van der Waals surface area contributed by atoms with Crippen LogP contribution in [0.1, 0.15) is 41.6 Å². The number of carbonyl (C=O) groups excluding carboxylic acids is 3. The van der Waals surface area contributed by atoms with Gasteiger partial charge in [-0.05, 0) is 36.8 Å². The molecule has 2 amide bonds. The summed E-state index contributed by atoms with van der Waals surface area (Å²) in [4.78, 5) is 42.3. The number of benzene rings is 2. The van der Waals surface area contributed by atoms with E-state index in [4.69, 9.17) is 25.8 Å². The molecule has 182 valence electrons. The fourth-order valence-electron chi connectivity index (χ4n) is 5.46. The fourth-order valence-corrected chi connectivity index (χ4v) is 5.63. The number of anilines is 1. The van der Waals surface area contributed by atoms with Gasteiger partial charge in [0.15, 0.2) is 17.3 Å². The van der Waals surface area contributed by atoms with Gasteiger partial charge in [-0.2, -0.15) is 0 Å². The van der Waals surface area contributed by atoms with E-state index in [-0.39, 0.29) is 37.2 Å². The van der Waals surface area contributed by atoms with Crippen LogP contribution in [0.4, 0.5) is 5.69 Å². The minimum absolute atomic E-state index is 0.0219. The van der Waals surface area contributed by atoms with E-state index in [1.807, 2.05) is 24.0 Å². The summed E-state index contributed by atoms with van der Waals surface area (Å²) >= 11 is 6.20. The number of ketones is 1. The lowest BCUT2D eigenvalue weighted by atomic mass is 9.82. The Kier molecular flexibility index (Phi) is 5.18. The van der Waals surface area contributed by atoms with E-state index in [9.17, 15) is 14.4 Å². The molecule has 1 atom stereocenters. The van der Waals surface area contributed by atoms with Crippen LogP contribution in [-0.4, -0.2) is 54.5 Å². The van der Waals surface area contributed by atoms with E-state index in [0.717, 1.165) is 5.56 Å². The molecule has 35 heavy (non-hydrogen) atoms. The van der Waals surface area contributed by atoms with Crippen molar-refractivity contribution in [3.05, 3.63) is 46.5 Å². The average Bonchev–Trinajstić information content (AvgIpc) is 3.46. The first-order valence-electron chi connectivity index (χ1n) is 11.8. The summed E-state index contributed by atoms with van der Waals surface area (Å²) in [5.41, 5.74) is 1.49. The fraction of sp³-hybridized carbons (Fsp3) is 0.423. The Morgan fingerprint density at radius 1 is 1.06 bits per heavy atom. The van der Waals surface area contributed by atoms with Gasteiger partial charge in [-0.1, -0.05) is 11.6 Å². The molecule has 2 fully saturated rings. The molecule has 4 aliphatic rings. The van der Waals surface area contributed by atoms with Gasteiger partial charge in [-0.3, -0.25) is 14.4 Å². The number of nitrogens with zero attached hydrogens (tertiary/aromatic N) is 2. The molecule has 6 rings (SSSR count). The minimum Gasteiger partial charge on any atom is -0.486 e. The van der Waals surface area contributed by atoms with Gasteiger partial charge >= 0.3 is 0 Å². The first kappa shape index (κ1) is 22.2. The van der Waals surface area contributed by atoms with Gasteiger partial charge < -0.3 is 24.0 Å². The maximum atomic E-state index is 13.3. The molecule has 1 unspecified atom stereocenters. The highest BCUT2D eigenvalue weighted by Crippen LogP contribution is 2.42. The van der Waals surface area contributed by atoms with Crippen LogP contribution in [0.5, 0.6) is 17.2 Å². The van der Waals surface area contributed by atoms with E-state index < -0.39 is 11.5 Å². The van der Waals surface area contributed by atoms with Gasteiger partial charge in [0.05, 0.1) is 17.9 Å². The third-order valence-electron chi connectivity index (χ3n) is 7.50. The van der Waals surface area contributed by atoms with Gasteiger partial charge in [-0.25, -0.2) is 0 Å². The van der Waals surface area contributed by atoms with Crippen LogP contribution < -0.4 is 19.1 Å². The highest BCUT2D eigenvalue weighted by atomic mass is 35.5. The van der Waals surface area contributed by atoms with Crippen molar-refractivity contribution in [2.45, 2.75) is 38.2 Å². The van der Waals surface area contributed by atoms with E-state index in [2.05, 4.69) is 0 Å². The van der Waals surface area contributed by atoms with Crippen molar-refractivity contribution in [2.75, 3.05) is 31.3 Å². The number of amides is 2. The topological polar surface area (TPSA) is 85.4 Å². The molecule has 2 aromatic carbocycles. The lowest BCUT2D eigenvalue weighted by Crippen LogP contribution is -2.53. The number of piperidine rings is 1. The number of rotatable bonds is 2. The van der Waals surface area contributed by atoms with Crippen LogP contribution in [0.15, 0.2) is 30.3 Å². The highest BCUT2D eigenvalue weighted by Gasteiger charge is 2.45. The summed E-state index contributed by atoms with van der Waals surface area (Å²) < 4.78 is 17.1.